The van der Waals surface area contributed by atoms with Crippen LogP contribution in [0.3, 0.4) is 0 Å². The van der Waals surface area contributed by atoms with Gasteiger partial charge in [-0.05, 0) is 24.4 Å². The number of quaternary nitrogens is 1. The van der Waals surface area contributed by atoms with E-state index in [-0.39, 0.29) is 11.9 Å². The molecule has 0 bridgehead atoms. The van der Waals surface area contributed by atoms with Crippen LogP contribution in [0.4, 0.5) is 5.82 Å². The highest BCUT2D eigenvalue weighted by molar-refractivity contribution is 7.10. The maximum Gasteiger partial charge on any atom is 0.275 e. The number of hydrogen-bond acceptors (Lipinski definition) is 3. The van der Waals surface area contributed by atoms with Gasteiger partial charge in [-0.2, -0.15) is 0 Å². The van der Waals surface area contributed by atoms with E-state index in [1.54, 1.807) is 11.3 Å². The Balaban J connectivity index is 1.44. The van der Waals surface area contributed by atoms with Gasteiger partial charge in [0.1, 0.15) is 26.2 Å². The summed E-state index contributed by atoms with van der Waals surface area (Å²) >= 11 is 1.69. The largest absolute Gasteiger partial charge is 0.344 e. The Morgan fingerprint density at radius 1 is 1.35 bits per heavy atom. The summed E-state index contributed by atoms with van der Waals surface area (Å²) < 4.78 is 0. The summed E-state index contributed by atoms with van der Waals surface area (Å²) in [5.74, 6) is 1.29. The average molecular weight is 332 g/mol. The summed E-state index contributed by atoms with van der Waals surface area (Å²) in [7, 11) is 0. The number of rotatable bonds is 5. The highest BCUT2D eigenvalue weighted by Gasteiger charge is 2.27. The number of pyridine rings is 1. The fraction of sp³-hybridized carbons (Fsp3) is 0.412. The fourth-order valence-electron chi connectivity index (χ4n) is 2.95. The van der Waals surface area contributed by atoms with E-state index >= 15 is 0 Å². The second-order valence-corrected chi connectivity index (χ2v) is 6.95. The van der Waals surface area contributed by atoms with Crippen LogP contribution in [-0.2, 0) is 4.79 Å². The lowest BCUT2D eigenvalue weighted by Gasteiger charge is -2.28. The molecule has 3 heterocycles. The van der Waals surface area contributed by atoms with Crippen LogP contribution in [0.5, 0.6) is 0 Å². The third-order valence-corrected chi connectivity index (χ3v) is 5.32. The van der Waals surface area contributed by atoms with Gasteiger partial charge in [-0.1, -0.05) is 12.1 Å². The Kier molecular flexibility index (Phi) is 5.25. The molecule has 1 atom stereocenters. The Bertz CT molecular complexity index is 609. The van der Waals surface area contributed by atoms with Crippen LogP contribution < -0.4 is 20.1 Å². The van der Waals surface area contributed by atoms with Gasteiger partial charge in [-0.25, -0.2) is 4.98 Å². The smallest absolute Gasteiger partial charge is 0.275 e. The molecule has 0 aliphatic carbocycles. The Morgan fingerprint density at radius 3 is 2.83 bits per heavy atom. The highest BCUT2D eigenvalue weighted by atomic mass is 32.1. The first-order valence-corrected chi connectivity index (χ1v) is 8.98. The number of H-pyrrole nitrogens is 1. The van der Waals surface area contributed by atoms with Crippen molar-refractivity contribution in [2.75, 3.05) is 37.6 Å². The predicted molar refractivity (Wildman–Crippen MR) is 91.7 cm³/mol. The third-order valence-electron chi connectivity index (χ3n) is 4.26. The molecule has 1 saturated heterocycles. The van der Waals surface area contributed by atoms with Crippen molar-refractivity contribution in [2.45, 2.75) is 13.0 Å². The lowest BCUT2D eigenvalue weighted by atomic mass is 10.2. The second-order valence-electron chi connectivity index (χ2n) is 5.97. The van der Waals surface area contributed by atoms with E-state index < -0.39 is 0 Å². The first-order chi connectivity index (χ1) is 11.2. The number of aromatic amines is 1. The van der Waals surface area contributed by atoms with E-state index in [4.69, 9.17) is 0 Å². The third kappa shape index (κ3) is 4.30. The normalized spacial score (nSPS) is 17.0. The Labute approximate surface area is 140 Å². The lowest BCUT2D eigenvalue weighted by Crippen LogP contribution is -3.16. The number of carbonyl (C=O) groups excluding carboxylic acids is 1. The van der Waals surface area contributed by atoms with Crippen LogP contribution in [0.25, 0.3) is 0 Å². The van der Waals surface area contributed by atoms with Crippen molar-refractivity contribution in [3.05, 3.63) is 46.8 Å². The molecule has 1 fully saturated rings. The summed E-state index contributed by atoms with van der Waals surface area (Å²) in [5.41, 5.74) is 0. The minimum atomic E-state index is 0.0992. The number of hydrogen-bond donors (Lipinski definition) is 2. The second kappa shape index (κ2) is 7.57. The van der Waals surface area contributed by atoms with Crippen LogP contribution in [0.15, 0.2) is 41.9 Å². The number of anilines is 1. The van der Waals surface area contributed by atoms with E-state index in [0.29, 0.717) is 6.54 Å². The number of nitrogens with one attached hydrogen (secondary N) is 3. The van der Waals surface area contributed by atoms with E-state index in [0.717, 1.165) is 32.0 Å². The van der Waals surface area contributed by atoms with Crippen LogP contribution in [0.2, 0.25) is 0 Å². The molecule has 2 aromatic rings. The van der Waals surface area contributed by atoms with Crippen molar-refractivity contribution in [3.8, 4) is 0 Å². The first-order valence-electron chi connectivity index (χ1n) is 8.10. The van der Waals surface area contributed by atoms with Gasteiger partial charge in [-0.15, -0.1) is 11.3 Å². The van der Waals surface area contributed by atoms with Gasteiger partial charge in [0.25, 0.3) is 11.7 Å². The standard InChI is InChI=1S/C17H22N4OS/c1-14(15-5-4-12-23-15)19-17(22)13-20-8-10-21(11-9-20)16-6-2-3-7-18-16/h2-7,12,14H,8-11,13H2,1H3,(H,19,22)/p+2/t14-/m1/s1. The van der Waals surface area contributed by atoms with Crippen molar-refractivity contribution in [1.29, 1.82) is 0 Å². The monoisotopic (exact) mass is 332 g/mol. The minimum Gasteiger partial charge on any atom is -0.344 e. The number of thiophene rings is 1. The topological polar surface area (TPSA) is 50.9 Å². The summed E-state index contributed by atoms with van der Waals surface area (Å²) in [6.45, 7) is 6.53. The maximum absolute atomic E-state index is 12.2. The van der Waals surface area contributed by atoms with Gasteiger partial charge in [-0.3, -0.25) is 9.69 Å². The van der Waals surface area contributed by atoms with Gasteiger partial charge >= 0.3 is 0 Å². The lowest BCUT2D eigenvalue weighted by molar-refractivity contribution is -0.892. The quantitative estimate of drug-likeness (QED) is 0.819. The first kappa shape index (κ1) is 16.0. The van der Waals surface area contributed by atoms with Gasteiger partial charge in [0.2, 0.25) is 0 Å². The van der Waals surface area contributed by atoms with E-state index in [1.807, 2.05) is 36.7 Å². The van der Waals surface area contributed by atoms with E-state index in [2.05, 4.69) is 27.3 Å². The molecule has 23 heavy (non-hydrogen) atoms. The molecule has 5 nitrogen and oxygen atoms in total. The SMILES string of the molecule is C[C@@H](NC(=O)C[NH+]1CCN(c2cccc[nH+]2)CC1)c1cccs1. The molecule has 0 radical (unpaired) electrons. The Hall–Kier alpha value is -1.92. The molecular weight excluding hydrogens is 308 g/mol. The molecule has 1 amide bonds. The molecule has 3 rings (SSSR count). The van der Waals surface area contributed by atoms with Crippen LogP contribution >= 0.6 is 11.3 Å². The molecule has 0 spiro atoms. The van der Waals surface area contributed by atoms with E-state index in [1.165, 1.54) is 9.78 Å². The molecule has 1 aliphatic heterocycles. The molecule has 0 aromatic carbocycles. The van der Waals surface area contributed by atoms with Gasteiger partial charge in [0, 0.05) is 10.9 Å². The number of amides is 1. The molecule has 1 aliphatic rings. The molecule has 122 valence electrons. The molecule has 0 saturated carbocycles. The maximum atomic E-state index is 12.2. The van der Waals surface area contributed by atoms with Gasteiger partial charge in [0.15, 0.2) is 6.54 Å². The van der Waals surface area contributed by atoms with Crippen LogP contribution in [0, 0.1) is 0 Å². The van der Waals surface area contributed by atoms with Gasteiger partial charge in [0.05, 0.1) is 12.2 Å². The van der Waals surface area contributed by atoms with Crippen molar-refractivity contribution in [2.24, 2.45) is 0 Å². The zero-order valence-electron chi connectivity index (χ0n) is 13.4. The summed E-state index contributed by atoms with van der Waals surface area (Å²) in [4.78, 5) is 20.4. The number of nitrogens with zero attached hydrogens (tertiary/aromatic N) is 1. The summed E-state index contributed by atoms with van der Waals surface area (Å²) in [5, 5.41) is 5.15. The summed E-state index contributed by atoms with van der Waals surface area (Å²) in [6.07, 6.45) is 1.95. The van der Waals surface area contributed by atoms with Crippen LogP contribution in [0.1, 0.15) is 17.8 Å². The molecule has 6 heteroatoms. The molecule has 2 aromatic heterocycles. The van der Waals surface area contributed by atoms with Crippen molar-refractivity contribution in [1.82, 2.24) is 5.32 Å². The molecule has 0 unspecified atom stereocenters. The zero-order valence-corrected chi connectivity index (χ0v) is 14.2. The van der Waals surface area contributed by atoms with Crippen molar-refractivity contribution >= 4 is 23.1 Å². The average Bonchev–Trinajstić information content (AvgIpc) is 3.11. The predicted octanol–water partition coefficient (Wildman–Crippen LogP) is 0.145. The highest BCUT2D eigenvalue weighted by Crippen LogP contribution is 2.17. The molecule has 3 N–H and O–H groups in total. The number of piperazine rings is 1. The van der Waals surface area contributed by atoms with Gasteiger partial charge < -0.3 is 10.2 Å². The Morgan fingerprint density at radius 2 is 2.17 bits per heavy atom. The van der Waals surface area contributed by atoms with E-state index in [9.17, 15) is 4.79 Å². The molecular formula is C17H24N4OS+2. The number of aromatic nitrogens is 1. The zero-order chi connectivity index (χ0) is 16.1. The van der Waals surface area contributed by atoms with Crippen molar-refractivity contribution < 1.29 is 14.7 Å². The summed E-state index contributed by atoms with van der Waals surface area (Å²) in [6, 6.07) is 10.3. The minimum absolute atomic E-state index is 0.0992. The van der Waals surface area contributed by atoms with Crippen molar-refractivity contribution in [3.63, 3.8) is 0 Å². The van der Waals surface area contributed by atoms with Crippen LogP contribution in [-0.4, -0.2) is 38.6 Å². The number of carbonyl (C=O) groups is 1. The fourth-order valence-corrected chi connectivity index (χ4v) is 3.68.